The molecule has 0 saturated carbocycles. The summed E-state index contributed by atoms with van der Waals surface area (Å²) in [5.74, 6) is 6.50. The first-order valence-electron chi connectivity index (χ1n) is 5.41. The van der Waals surface area contributed by atoms with E-state index < -0.39 is 5.60 Å². The van der Waals surface area contributed by atoms with E-state index in [2.05, 4.69) is 11.8 Å². The summed E-state index contributed by atoms with van der Waals surface area (Å²) in [4.78, 5) is 13.7. The van der Waals surface area contributed by atoms with E-state index in [1.54, 1.807) is 4.90 Å². The first-order valence-corrected chi connectivity index (χ1v) is 5.41. The zero-order valence-corrected chi connectivity index (χ0v) is 9.70. The van der Waals surface area contributed by atoms with Crippen molar-refractivity contribution in [2.24, 2.45) is 5.92 Å². The molecule has 0 aromatic carbocycles. The SMILES string of the molecule is CC1CC2C#CC2N1C(=O)OC(C)(C)C. The Morgan fingerprint density at radius 1 is 1.40 bits per heavy atom. The van der Waals surface area contributed by atoms with Gasteiger partial charge in [-0.05, 0) is 34.1 Å². The Morgan fingerprint density at radius 2 is 2.07 bits per heavy atom. The first kappa shape index (κ1) is 10.4. The third-order valence-electron chi connectivity index (χ3n) is 2.77. The van der Waals surface area contributed by atoms with Crippen molar-refractivity contribution in [1.29, 1.82) is 0 Å². The standard InChI is InChI=1S/C12H17NO2/c1-8-7-9-5-6-10(9)13(8)11(14)15-12(2,3)4/h8-10H,7H2,1-4H3. The van der Waals surface area contributed by atoms with Crippen LogP contribution in [0.3, 0.4) is 0 Å². The number of nitrogens with zero attached hydrogens (tertiary/aromatic N) is 1. The highest BCUT2D eigenvalue weighted by Gasteiger charge is 2.45. The Labute approximate surface area is 90.8 Å². The summed E-state index contributed by atoms with van der Waals surface area (Å²) in [6.07, 6.45) is 0.758. The lowest BCUT2D eigenvalue weighted by Gasteiger charge is -2.31. The van der Waals surface area contributed by atoms with Gasteiger partial charge >= 0.3 is 6.09 Å². The predicted molar refractivity (Wildman–Crippen MR) is 57.2 cm³/mol. The second-order valence-electron chi connectivity index (χ2n) is 5.31. The Balaban J connectivity index is 2.05. The summed E-state index contributed by atoms with van der Waals surface area (Å²) in [5, 5.41) is 0. The van der Waals surface area contributed by atoms with Gasteiger partial charge in [-0.3, -0.25) is 4.90 Å². The van der Waals surface area contributed by atoms with Crippen LogP contribution in [0.5, 0.6) is 0 Å². The molecule has 3 heteroatoms. The van der Waals surface area contributed by atoms with Crippen LogP contribution < -0.4 is 0 Å². The first-order chi connectivity index (χ1) is 6.88. The van der Waals surface area contributed by atoms with Crippen molar-refractivity contribution in [3.63, 3.8) is 0 Å². The highest BCUT2D eigenvalue weighted by Crippen LogP contribution is 2.34. The van der Waals surface area contributed by atoms with Gasteiger partial charge in [0.05, 0.1) is 5.92 Å². The van der Waals surface area contributed by atoms with Crippen LogP contribution in [-0.4, -0.2) is 28.7 Å². The molecule has 1 fully saturated rings. The van der Waals surface area contributed by atoms with Crippen molar-refractivity contribution in [1.82, 2.24) is 4.90 Å². The number of amides is 1. The smallest absolute Gasteiger partial charge is 0.411 e. The fraction of sp³-hybridized carbons (Fsp3) is 0.750. The molecule has 3 nitrogen and oxygen atoms in total. The monoisotopic (exact) mass is 207 g/mol. The number of fused-ring (bicyclic) bond motifs is 1. The summed E-state index contributed by atoms with van der Waals surface area (Å²) in [5.41, 5.74) is -0.425. The minimum Gasteiger partial charge on any atom is -0.444 e. The van der Waals surface area contributed by atoms with Crippen molar-refractivity contribution in [3.8, 4) is 11.8 Å². The van der Waals surface area contributed by atoms with Gasteiger partial charge < -0.3 is 4.74 Å². The molecule has 0 radical (unpaired) electrons. The van der Waals surface area contributed by atoms with Crippen LogP contribution in [0.15, 0.2) is 0 Å². The minimum absolute atomic E-state index is 0.106. The highest BCUT2D eigenvalue weighted by atomic mass is 16.6. The topological polar surface area (TPSA) is 29.5 Å². The summed E-state index contributed by atoms with van der Waals surface area (Å²) >= 11 is 0. The minimum atomic E-state index is -0.425. The fourth-order valence-electron chi connectivity index (χ4n) is 2.09. The molecule has 15 heavy (non-hydrogen) atoms. The Kier molecular flexibility index (Phi) is 2.18. The molecule has 0 aromatic rings. The maximum Gasteiger partial charge on any atom is 0.411 e. The summed E-state index contributed by atoms with van der Waals surface area (Å²) in [6.45, 7) is 7.70. The van der Waals surface area contributed by atoms with Crippen molar-refractivity contribution in [3.05, 3.63) is 0 Å². The maximum atomic E-state index is 11.9. The number of carbonyl (C=O) groups excluding carboxylic acids is 1. The van der Waals surface area contributed by atoms with E-state index in [9.17, 15) is 4.79 Å². The largest absolute Gasteiger partial charge is 0.444 e. The van der Waals surface area contributed by atoms with E-state index in [0.29, 0.717) is 5.92 Å². The van der Waals surface area contributed by atoms with Crippen LogP contribution >= 0.6 is 0 Å². The number of hydrogen-bond donors (Lipinski definition) is 0. The van der Waals surface area contributed by atoms with Gasteiger partial charge in [-0.2, -0.15) is 0 Å². The lowest BCUT2D eigenvalue weighted by molar-refractivity contribution is 0.0190. The lowest BCUT2D eigenvalue weighted by atomic mass is 9.93. The second-order valence-corrected chi connectivity index (χ2v) is 5.31. The van der Waals surface area contributed by atoms with Gasteiger partial charge in [-0.25, -0.2) is 4.79 Å². The Morgan fingerprint density at radius 3 is 2.47 bits per heavy atom. The number of carbonyl (C=O) groups is 1. The molecule has 3 unspecified atom stereocenters. The zero-order valence-electron chi connectivity index (χ0n) is 9.70. The number of ether oxygens (including phenoxy) is 1. The Bertz CT molecular complexity index is 345. The maximum absolute atomic E-state index is 11.9. The molecule has 0 bridgehead atoms. The summed E-state index contributed by atoms with van der Waals surface area (Å²) in [7, 11) is 0. The third-order valence-corrected chi connectivity index (χ3v) is 2.77. The highest BCUT2D eigenvalue weighted by molar-refractivity contribution is 5.71. The van der Waals surface area contributed by atoms with E-state index in [4.69, 9.17) is 4.74 Å². The van der Waals surface area contributed by atoms with Crippen LogP contribution in [0.4, 0.5) is 4.79 Å². The van der Waals surface area contributed by atoms with Gasteiger partial charge in [0.2, 0.25) is 0 Å². The third kappa shape index (κ3) is 1.81. The zero-order chi connectivity index (χ0) is 11.2. The average molecular weight is 207 g/mol. The molecule has 3 atom stereocenters. The average Bonchev–Trinajstić information content (AvgIpc) is 2.23. The lowest BCUT2D eigenvalue weighted by Crippen LogP contribution is -2.45. The predicted octanol–water partition coefficient (Wildman–Crippen LogP) is 2.02. The molecule has 0 aromatic heterocycles. The molecule has 0 N–H and O–H groups in total. The molecule has 2 rings (SSSR count). The van der Waals surface area contributed by atoms with Gasteiger partial charge in [0.1, 0.15) is 11.6 Å². The van der Waals surface area contributed by atoms with Gasteiger partial charge in [-0.15, -0.1) is 0 Å². The van der Waals surface area contributed by atoms with E-state index in [0.717, 1.165) is 6.42 Å². The normalized spacial score (nSPS) is 32.5. The molecule has 1 saturated heterocycles. The summed E-state index contributed by atoms with van der Waals surface area (Å²) < 4.78 is 5.36. The molecular formula is C12H17NO2. The molecule has 0 spiro atoms. The van der Waals surface area contributed by atoms with Crippen LogP contribution in [0, 0.1) is 17.8 Å². The molecule has 82 valence electrons. The molecule has 1 aliphatic carbocycles. The van der Waals surface area contributed by atoms with Crippen molar-refractivity contribution in [2.45, 2.75) is 51.8 Å². The number of likely N-dealkylation sites (tertiary alicyclic amines) is 1. The van der Waals surface area contributed by atoms with Crippen molar-refractivity contribution in [2.75, 3.05) is 0 Å². The molecule has 1 amide bonds. The van der Waals surface area contributed by atoms with Crippen molar-refractivity contribution >= 4 is 6.09 Å². The molecule has 2 aliphatic rings. The summed E-state index contributed by atoms with van der Waals surface area (Å²) in [6, 6.07) is 0.340. The van der Waals surface area contributed by atoms with Crippen LogP contribution in [0.1, 0.15) is 34.1 Å². The van der Waals surface area contributed by atoms with Crippen LogP contribution in [0.25, 0.3) is 0 Å². The van der Waals surface area contributed by atoms with Crippen LogP contribution in [0.2, 0.25) is 0 Å². The second kappa shape index (κ2) is 3.16. The molecular weight excluding hydrogens is 190 g/mol. The quantitative estimate of drug-likeness (QED) is 0.569. The van der Waals surface area contributed by atoms with Gasteiger partial charge in [0.15, 0.2) is 0 Å². The van der Waals surface area contributed by atoms with E-state index in [1.165, 1.54) is 0 Å². The van der Waals surface area contributed by atoms with E-state index in [-0.39, 0.29) is 18.2 Å². The Hall–Kier alpha value is -1.17. The fourth-order valence-corrected chi connectivity index (χ4v) is 2.09. The van der Waals surface area contributed by atoms with Gasteiger partial charge in [0.25, 0.3) is 0 Å². The molecule has 1 heterocycles. The molecule has 1 aliphatic heterocycles. The number of rotatable bonds is 0. The number of hydrogen-bond acceptors (Lipinski definition) is 2. The van der Waals surface area contributed by atoms with Crippen LogP contribution in [-0.2, 0) is 4.74 Å². The van der Waals surface area contributed by atoms with E-state index in [1.807, 2.05) is 27.7 Å². The van der Waals surface area contributed by atoms with Gasteiger partial charge in [0, 0.05) is 6.04 Å². The van der Waals surface area contributed by atoms with E-state index >= 15 is 0 Å². The van der Waals surface area contributed by atoms with Crippen molar-refractivity contribution < 1.29 is 9.53 Å². The van der Waals surface area contributed by atoms with Gasteiger partial charge in [-0.1, -0.05) is 11.8 Å².